The first-order valence-corrected chi connectivity index (χ1v) is 14.1. The van der Waals surface area contributed by atoms with Crippen molar-refractivity contribution in [2.75, 3.05) is 37.6 Å². The number of fused-ring (bicyclic) bond motifs is 1. The molecular weight excluding hydrogens is 534 g/mol. The highest BCUT2D eigenvalue weighted by Gasteiger charge is 2.44. The summed E-state index contributed by atoms with van der Waals surface area (Å²) >= 11 is 0. The van der Waals surface area contributed by atoms with Crippen molar-refractivity contribution in [2.24, 2.45) is 5.73 Å². The minimum Gasteiger partial charge on any atom is -0.369 e. The minimum absolute atomic E-state index is 0.0942. The van der Waals surface area contributed by atoms with Crippen molar-refractivity contribution in [3.05, 3.63) is 89.0 Å². The van der Waals surface area contributed by atoms with Gasteiger partial charge in [-0.2, -0.15) is 0 Å². The second-order valence-electron chi connectivity index (χ2n) is 10.9. The van der Waals surface area contributed by atoms with Gasteiger partial charge in [0.05, 0.1) is 11.1 Å². The predicted octanol–water partition coefficient (Wildman–Crippen LogP) is 2.22. The second kappa shape index (κ2) is 11.2. The predicted molar refractivity (Wildman–Crippen MR) is 156 cm³/mol. The Morgan fingerprint density at radius 3 is 2.29 bits per heavy atom. The number of carbonyl (C=O) groups excluding carboxylic acids is 5. The zero-order chi connectivity index (χ0) is 29.4. The van der Waals surface area contributed by atoms with Gasteiger partial charge in [-0.1, -0.05) is 36.4 Å². The fourth-order valence-electron chi connectivity index (χ4n) is 5.91. The number of piperazine rings is 1. The summed E-state index contributed by atoms with van der Waals surface area (Å²) in [5, 5.41) is 2.23. The van der Waals surface area contributed by atoms with E-state index in [1.165, 1.54) is 5.56 Å². The Kier molecular flexibility index (Phi) is 7.30. The largest absolute Gasteiger partial charge is 0.369 e. The highest BCUT2D eigenvalue weighted by Crippen LogP contribution is 2.31. The van der Waals surface area contributed by atoms with Gasteiger partial charge < -0.3 is 10.6 Å². The van der Waals surface area contributed by atoms with Crippen LogP contribution in [-0.2, 0) is 16.0 Å². The second-order valence-corrected chi connectivity index (χ2v) is 10.9. The number of hydrogen-bond acceptors (Lipinski definition) is 7. The third-order valence-corrected chi connectivity index (χ3v) is 8.31. The molecule has 3 heterocycles. The lowest BCUT2D eigenvalue weighted by Gasteiger charge is -2.36. The summed E-state index contributed by atoms with van der Waals surface area (Å²) in [6.07, 6.45) is 1.13. The van der Waals surface area contributed by atoms with Crippen molar-refractivity contribution in [1.82, 2.24) is 15.1 Å². The Labute approximate surface area is 243 Å². The first-order chi connectivity index (χ1) is 20.3. The molecule has 0 spiro atoms. The molecule has 0 saturated carbocycles. The summed E-state index contributed by atoms with van der Waals surface area (Å²) in [5.74, 6) is -2.42. The van der Waals surface area contributed by atoms with Crippen LogP contribution < -0.4 is 16.0 Å². The van der Waals surface area contributed by atoms with E-state index in [0.29, 0.717) is 11.1 Å². The molecule has 3 aliphatic rings. The number of hydrogen-bond donors (Lipinski definition) is 2. The van der Waals surface area contributed by atoms with Gasteiger partial charge in [0.2, 0.25) is 17.7 Å². The number of primary amides is 1. The fraction of sp³-hybridized carbons (Fsp3) is 0.281. The maximum Gasteiger partial charge on any atom is 0.262 e. The van der Waals surface area contributed by atoms with Crippen LogP contribution in [0.3, 0.4) is 0 Å². The molecule has 1 unspecified atom stereocenters. The Balaban J connectivity index is 1.05. The van der Waals surface area contributed by atoms with E-state index in [9.17, 15) is 24.0 Å². The van der Waals surface area contributed by atoms with Crippen LogP contribution in [0.1, 0.15) is 49.5 Å². The minimum atomic E-state index is -0.967. The fourth-order valence-corrected chi connectivity index (χ4v) is 5.91. The van der Waals surface area contributed by atoms with Crippen LogP contribution in [0, 0.1) is 0 Å². The zero-order valence-corrected chi connectivity index (χ0v) is 23.0. The third kappa shape index (κ3) is 5.28. The maximum absolute atomic E-state index is 13.2. The molecule has 0 radical (unpaired) electrons. The summed E-state index contributed by atoms with van der Waals surface area (Å²) in [6.45, 7) is 4.20. The van der Waals surface area contributed by atoms with E-state index < -0.39 is 35.6 Å². The number of benzene rings is 3. The molecule has 42 heavy (non-hydrogen) atoms. The van der Waals surface area contributed by atoms with Gasteiger partial charge in [-0.15, -0.1) is 0 Å². The number of anilines is 1. The molecule has 6 rings (SSSR count). The molecular formula is C32H31N5O5. The quantitative estimate of drug-likeness (QED) is 0.420. The number of nitrogens with zero attached hydrogens (tertiary/aromatic N) is 3. The number of imide groups is 2. The van der Waals surface area contributed by atoms with E-state index in [0.717, 1.165) is 60.9 Å². The molecule has 2 saturated heterocycles. The molecule has 214 valence electrons. The van der Waals surface area contributed by atoms with Gasteiger partial charge in [0.15, 0.2) is 0 Å². The standard InChI is InChI=1S/C32H31N5O5/c33-29(39)22-6-4-21(5-7-22)23-3-1-2-20(18-23)12-13-35-14-16-36(17-15-35)24-8-9-25-26(19-24)32(42)37(31(25)41)27-10-11-28(38)34-30(27)40/h1-9,18-19,27H,10-17H2,(H2,33,39)(H,34,38,40). The molecule has 10 nitrogen and oxygen atoms in total. The monoisotopic (exact) mass is 565 g/mol. The Morgan fingerprint density at radius 2 is 1.57 bits per heavy atom. The smallest absolute Gasteiger partial charge is 0.262 e. The summed E-state index contributed by atoms with van der Waals surface area (Å²) in [6, 6.07) is 20.0. The van der Waals surface area contributed by atoms with Crippen LogP contribution in [0.25, 0.3) is 11.1 Å². The van der Waals surface area contributed by atoms with Crippen LogP contribution >= 0.6 is 0 Å². The van der Waals surface area contributed by atoms with Crippen molar-refractivity contribution < 1.29 is 24.0 Å². The van der Waals surface area contributed by atoms with Gasteiger partial charge in [0, 0.05) is 50.4 Å². The molecule has 3 aromatic rings. The number of piperidine rings is 1. The number of rotatable bonds is 7. The van der Waals surface area contributed by atoms with Crippen LogP contribution in [0.5, 0.6) is 0 Å². The normalized spacial score (nSPS) is 19.2. The number of amides is 5. The van der Waals surface area contributed by atoms with Crippen molar-refractivity contribution in [1.29, 1.82) is 0 Å². The number of nitrogens with one attached hydrogen (secondary N) is 1. The Hall–Kier alpha value is -4.83. The molecule has 1 atom stereocenters. The van der Waals surface area contributed by atoms with Crippen molar-refractivity contribution in [3.8, 4) is 11.1 Å². The molecule has 2 fully saturated rings. The van der Waals surface area contributed by atoms with Gasteiger partial charge in [0.1, 0.15) is 6.04 Å². The first kappa shape index (κ1) is 27.3. The maximum atomic E-state index is 13.2. The molecule has 0 aromatic heterocycles. The molecule has 0 aliphatic carbocycles. The summed E-state index contributed by atoms with van der Waals surface area (Å²) in [5.41, 5.74) is 10.7. The molecule has 3 aromatic carbocycles. The van der Waals surface area contributed by atoms with Gasteiger partial charge >= 0.3 is 0 Å². The molecule has 0 bridgehead atoms. The molecule has 3 N–H and O–H groups in total. The lowest BCUT2D eigenvalue weighted by molar-refractivity contribution is -0.136. The Morgan fingerprint density at radius 1 is 0.833 bits per heavy atom. The van der Waals surface area contributed by atoms with E-state index in [-0.39, 0.29) is 18.4 Å². The van der Waals surface area contributed by atoms with Gasteiger partial charge in [-0.25, -0.2) is 0 Å². The number of nitrogens with two attached hydrogens (primary N) is 1. The van der Waals surface area contributed by atoms with Gasteiger partial charge in [-0.05, 0) is 59.9 Å². The zero-order valence-electron chi connectivity index (χ0n) is 23.0. The van der Waals surface area contributed by atoms with Crippen LogP contribution in [0.15, 0.2) is 66.7 Å². The van der Waals surface area contributed by atoms with E-state index in [1.54, 1.807) is 24.3 Å². The van der Waals surface area contributed by atoms with Crippen LogP contribution in [0.2, 0.25) is 0 Å². The highest BCUT2D eigenvalue weighted by molar-refractivity contribution is 6.23. The van der Waals surface area contributed by atoms with Crippen molar-refractivity contribution in [2.45, 2.75) is 25.3 Å². The van der Waals surface area contributed by atoms with E-state index in [2.05, 4.69) is 33.3 Å². The van der Waals surface area contributed by atoms with Crippen molar-refractivity contribution in [3.63, 3.8) is 0 Å². The average molecular weight is 566 g/mol. The summed E-state index contributed by atoms with van der Waals surface area (Å²) in [4.78, 5) is 67.0. The van der Waals surface area contributed by atoms with Gasteiger partial charge in [-0.3, -0.25) is 39.1 Å². The van der Waals surface area contributed by atoms with Gasteiger partial charge in [0.25, 0.3) is 11.8 Å². The molecule has 5 amide bonds. The lowest BCUT2D eigenvalue weighted by atomic mass is 10.0. The molecule has 10 heteroatoms. The Bertz CT molecular complexity index is 1590. The highest BCUT2D eigenvalue weighted by atomic mass is 16.2. The summed E-state index contributed by atoms with van der Waals surface area (Å²) < 4.78 is 0. The lowest BCUT2D eigenvalue weighted by Crippen LogP contribution is -2.54. The van der Waals surface area contributed by atoms with Crippen LogP contribution in [-0.4, -0.2) is 78.1 Å². The molecule has 3 aliphatic heterocycles. The van der Waals surface area contributed by atoms with E-state index >= 15 is 0 Å². The van der Waals surface area contributed by atoms with Crippen LogP contribution in [0.4, 0.5) is 5.69 Å². The average Bonchev–Trinajstić information content (AvgIpc) is 3.25. The first-order valence-electron chi connectivity index (χ1n) is 14.1. The number of carbonyl (C=O) groups is 5. The summed E-state index contributed by atoms with van der Waals surface area (Å²) in [7, 11) is 0. The SMILES string of the molecule is NC(=O)c1ccc(-c2cccc(CCN3CCN(c4ccc5c(c4)C(=O)N(C4CCC(=O)NC4=O)C5=O)CC3)c2)cc1. The van der Waals surface area contributed by atoms with E-state index in [1.807, 2.05) is 24.3 Å². The third-order valence-electron chi connectivity index (χ3n) is 8.31. The topological polar surface area (TPSA) is 133 Å². The van der Waals surface area contributed by atoms with E-state index in [4.69, 9.17) is 5.73 Å². The van der Waals surface area contributed by atoms with Crippen molar-refractivity contribution >= 4 is 35.2 Å².